The zero-order valence-corrected chi connectivity index (χ0v) is 22.8. The Morgan fingerprint density at radius 2 is 1.86 bits per heavy atom. The fourth-order valence-electron chi connectivity index (χ4n) is 4.41. The molecule has 1 aliphatic rings. The number of fused-ring (bicyclic) bond motifs is 1. The van der Waals surface area contributed by atoms with Crippen LogP contribution < -0.4 is 4.74 Å². The van der Waals surface area contributed by atoms with Gasteiger partial charge in [-0.2, -0.15) is 5.10 Å². The summed E-state index contributed by atoms with van der Waals surface area (Å²) in [6.45, 7) is 8.74. The van der Waals surface area contributed by atoms with Gasteiger partial charge in [0.05, 0.1) is 13.7 Å². The second kappa shape index (κ2) is 10.5. The molecule has 0 saturated carbocycles. The minimum atomic E-state index is -0.532. The van der Waals surface area contributed by atoms with Crippen LogP contribution in [0.3, 0.4) is 0 Å². The van der Waals surface area contributed by atoms with Gasteiger partial charge in [0, 0.05) is 23.8 Å². The first-order valence-corrected chi connectivity index (χ1v) is 12.8. The summed E-state index contributed by atoms with van der Waals surface area (Å²) in [5.41, 5.74) is 2.43. The van der Waals surface area contributed by atoms with Crippen LogP contribution in [0.1, 0.15) is 62.5 Å². The van der Waals surface area contributed by atoms with Gasteiger partial charge in [0.1, 0.15) is 28.1 Å². The van der Waals surface area contributed by atoms with Gasteiger partial charge in [0.25, 0.3) is 0 Å². The van der Waals surface area contributed by atoms with Crippen molar-refractivity contribution in [3.8, 4) is 11.4 Å². The van der Waals surface area contributed by atoms with Crippen molar-refractivity contribution in [2.45, 2.75) is 52.1 Å². The van der Waals surface area contributed by atoms with Gasteiger partial charge in [-0.05, 0) is 76.3 Å². The number of hydrogen-bond acceptors (Lipinski definition) is 7. The van der Waals surface area contributed by atoms with E-state index in [0.29, 0.717) is 35.6 Å². The van der Waals surface area contributed by atoms with Crippen LogP contribution in [-0.2, 0) is 9.47 Å². The normalized spacial score (nSPS) is 14.7. The molecule has 1 aliphatic heterocycles. The van der Waals surface area contributed by atoms with Gasteiger partial charge >= 0.3 is 12.1 Å². The molecule has 0 bridgehead atoms. The van der Waals surface area contributed by atoms with Crippen molar-refractivity contribution in [3.63, 3.8) is 0 Å². The van der Waals surface area contributed by atoms with Crippen molar-refractivity contribution in [2.24, 2.45) is 0 Å². The van der Waals surface area contributed by atoms with E-state index in [1.165, 1.54) is 0 Å². The Morgan fingerprint density at radius 1 is 1.14 bits per heavy atom. The minimum Gasteiger partial charge on any atom is -0.494 e. The smallest absolute Gasteiger partial charge is 0.410 e. The van der Waals surface area contributed by atoms with Gasteiger partial charge in [-0.15, -0.1) is 0 Å². The molecule has 0 spiro atoms. The average Bonchev–Trinajstić information content (AvgIpc) is 3.22. The number of benzene rings is 1. The molecule has 0 unspecified atom stereocenters. The van der Waals surface area contributed by atoms with Gasteiger partial charge < -0.3 is 19.1 Å². The molecular weight excluding hydrogens is 528 g/mol. The largest absolute Gasteiger partial charge is 0.494 e. The number of carbonyl (C=O) groups is 2. The molecule has 0 aliphatic carbocycles. The lowest BCUT2D eigenvalue weighted by Crippen LogP contribution is -2.41. The summed E-state index contributed by atoms with van der Waals surface area (Å²) < 4.78 is 18.9. The molecule has 3 aromatic rings. The predicted molar refractivity (Wildman–Crippen MR) is 139 cm³/mol. The van der Waals surface area contributed by atoms with Crippen molar-refractivity contribution in [1.29, 1.82) is 0 Å². The van der Waals surface area contributed by atoms with E-state index in [-0.39, 0.29) is 24.3 Å². The maximum atomic E-state index is 13.1. The highest BCUT2D eigenvalue weighted by Gasteiger charge is 2.31. The Hall–Kier alpha value is -3.14. The second-order valence-corrected chi connectivity index (χ2v) is 10.6. The number of esters is 1. The second-order valence-electron chi connectivity index (χ2n) is 9.64. The summed E-state index contributed by atoms with van der Waals surface area (Å²) in [4.78, 5) is 31.8. The fraction of sp³-hybridized carbons (Fsp3) is 0.462. The van der Waals surface area contributed by atoms with Crippen LogP contribution in [0.4, 0.5) is 4.79 Å². The lowest BCUT2D eigenvalue weighted by molar-refractivity contribution is 0.0204. The van der Waals surface area contributed by atoms with Crippen molar-refractivity contribution < 1.29 is 23.8 Å². The molecule has 4 rings (SSSR count). The first-order valence-electron chi connectivity index (χ1n) is 12.0. The van der Waals surface area contributed by atoms with E-state index in [2.05, 4.69) is 20.9 Å². The van der Waals surface area contributed by atoms with Crippen LogP contribution >= 0.6 is 15.9 Å². The molecule has 2 aromatic heterocycles. The Kier molecular flexibility index (Phi) is 7.54. The lowest BCUT2D eigenvalue weighted by Gasteiger charge is -2.33. The highest BCUT2D eigenvalue weighted by molar-refractivity contribution is 9.10. The first kappa shape index (κ1) is 25.9. The number of amides is 1. The van der Waals surface area contributed by atoms with Crippen molar-refractivity contribution >= 4 is 39.0 Å². The summed E-state index contributed by atoms with van der Waals surface area (Å²) in [6, 6.07) is 7.45. The van der Waals surface area contributed by atoms with Gasteiger partial charge in [-0.1, -0.05) is 15.9 Å². The van der Waals surface area contributed by atoms with E-state index in [1.54, 1.807) is 29.8 Å². The monoisotopic (exact) mass is 558 g/mol. The number of likely N-dealkylation sites (tertiary alicyclic amines) is 1. The highest BCUT2D eigenvalue weighted by atomic mass is 79.9. The Balaban J connectivity index is 1.73. The summed E-state index contributed by atoms with van der Waals surface area (Å²) in [6.07, 6.45) is 2.91. The third kappa shape index (κ3) is 5.33. The van der Waals surface area contributed by atoms with Crippen molar-refractivity contribution in [3.05, 3.63) is 46.2 Å². The third-order valence-electron chi connectivity index (χ3n) is 6.02. The quantitative estimate of drug-likeness (QED) is 0.382. The number of rotatable bonds is 5. The number of halogens is 1. The zero-order chi connectivity index (χ0) is 26.0. The van der Waals surface area contributed by atoms with Gasteiger partial charge in [-0.25, -0.2) is 14.3 Å². The summed E-state index contributed by atoms with van der Waals surface area (Å²) >= 11 is 3.46. The Bertz CT molecular complexity index is 1280. The summed E-state index contributed by atoms with van der Waals surface area (Å²) in [7, 11) is 1.57. The highest BCUT2D eigenvalue weighted by Crippen LogP contribution is 2.36. The zero-order valence-electron chi connectivity index (χ0n) is 21.2. The maximum absolute atomic E-state index is 13.1. The standard InChI is InChI=1S/C26H31BrN4O5/c1-6-35-24(32)23-22-21(29-31(23)19-8-7-17(27)15-20(19)34-5)18(9-12-28-22)16-10-13-30(14-11-16)25(33)36-26(2,3)4/h7-9,12,15-16H,6,10-11,13-14H2,1-5H3. The molecule has 0 N–H and O–H groups in total. The number of ether oxygens (including phenoxy) is 3. The van der Waals surface area contributed by atoms with Crippen LogP contribution in [0.15, 0.2) is 34.9 Å². The number of carbonyl (C=O) groups excluding carboxylic acids is 2. The number of pyridine rings is 1. The SMILES string of the molecule is CCOC(=O)c1c2nccc(C3CCN(C(=O)OC(C)(C)C)CC3)c2nn1-c1ccc(Br)cc1OC. The molecule has 1 saturated heterocycles. The van der Waals surface area contributed by atoms with Crippen LogP contribution in [0.5, 0.6) is 5.75 Å². The van der Waals surface area contributed by atoms with E-state index in [0.717, 1.165) is 22.9 Å². The van der Waals surface area contributed by atoms with Crippen molar-refractivity contribution in [2.75, 3.05) is 26.8 Å². The molecule has 0 atom stereocenters. The molecule has 1 amide bonds. The van der Waals surface area contributed by atoms with E-state index < -0.39 is 11.6 Å². The number of methoxy groups -OCH3 is 1. The summed E-state index contributed by atoms with van der Waals surface area (Å²) in [5.74, 6) is 0.198. The van der Waals surface area contributed by atoms with E-state index in [9.17, 15) is 9.59 Å². The van der Waals surface area contributed by atoms with Crippen LogP contribution in [0.2, 0.25) is 0 Å². The number of hydrogen-bond donors (Lipinski definition) is 0. The van der Waals surface area contributed by atoms with E-state index in [1.807, 2.05) is 45.0 Å². The fourth-order valence-corrected chi connectivity index (χ4v) is 4.75. The van der Waals surface area contributed by atoms with Gasteiger partial charge in [-0.3, -0.25) is 4.98 Å². The molecule has 36 heavy (non-hydrogen) atoms. The lowest BCUT2D eigenvalue weighted by atomic mass is 9.89. The molecule has 9 nitrogen and oxygen atoms in total. The molecule has 1 aromatic carbocycles. The topological polar surface area (TPSA) is 95.8 Å². The first-order chi connectivity index (χ1) is 17.1. The molecular formula is C26H31BrN4O5. The Labute approximate surface area is 218 Å². The van der Waals surface area contributed by atoms with Crippen LogP contribution in [0.25, 0.3) is 16.7 Å². The Morgan fingerprint density at radius 3 is 2.50 bits per heavy atom. The molecule has 1 fully saturated rings. The van der Waals surface area contributed by atoms with E-state index in [4.69, 9.17) is 19.3 Å². The van der Waals surface area contributed by atoms with Gasteiger partial charge in [0.15, 0.2) is 5.69 Å². The maximum Gasteiger partial charge on any atom is 0.410 e. The van der Waals surface area contributed by atoms with Crippen LogP contribution in [-0.4, -0.2) is 64.1 Å². The van der Waals surface area contributed by atoms with Crippen molar-refractivity contribution in [1.82, 2.24) is 19.7 Å². The average molecular weight is 559 g/mol. The number of nitrogens with zero attached hydrogens (tertiary/aromatic N) is 4. The molecule has 192 valence electrons. The minimum absolute atomic E-state index is 0.152. The van der Waals surface area contributed by atoms with E-state index >= 15 is 0 Å². The molecule has 3 heterocycles. The summed E-state index contributed by atoms with van der Waals surface area (Å²) in [5, 5.41) is 4.86. The molecule has 0 radical (unpaired) electrons. The molecule has 10 heteroatoms. The predicted octanol–water partition coefficient (Wildman–Crippen LogP) is 5.48. The number of aromatic nitrogens is 3. The third-order valence-corrected chi connectivity index (χ3v) is 6.51. The van der Waals surface area contributed by atoms with Crippen LogP contribution in [0, 0.1) is 0 Å². The van der Waals surface area contributed by atoms with Gasteiger partial charge in [0.2, 0.25) is 0 Å². The number of piperidine rings is 1.